The molecule has 19 heavy (non-hydrogen) atoms. The third-order valence-electron chi connectivity index (χ3n) is 4.81. The average Bonchev–Trinajstić information content (AvgIpc) is 2.39. The van der Waals surface area contributed by atoms with Gasteiger partial charge >= 0.3 is 0 Å². The summed E-state index contributed by atoms with van der Waals surface area (Å²) in [5, 5.41) is 3.55. The number of hydrogen-bond acceptors (Lipinski definition) is 1. The summed E-state index contributed by atoms with van der Waals surface area (Å²) in [5.41, 5.74) is 3.42. The molecule has 0 radical (unpaired) electrons. The van der Waals surface area contributed by atoms with Gasteiger partial charge in [0.25, 0.3) is 0 Å². The van der Waals surface area contributed by atoms with Crippen LogP contribution in [0.15, 0.2) is 24.3 Å². The molecular formula is C18H29N. The van der Waals surface area contributed by atoms with Crippen LogP contribution in [0.25, 0.3) is 0 Å². The van der Waals surface area contributed by atoms with Crippen LogP contribution in [0.2, 0.25) is 0 Å². The van der Waals surface area contributed by atoms with Crippen LogP contribution in [0.5, 0.6) is 0 Å². The molecule has 1 saturated heterocycles. The monoisotopic (exact) mass is 259 g/mol. The van der Waals surface area contributed by atoms with Gasteiger partial charge in [0.2, 0.25) is 0 Å². The molecule has 1 heteroatoms. The molecule has 106 valence electrons. The molecule has 0 amide bonds. The predicted molar refractivity (Wildman–Crippen MR) is 83.8 cm³/mol. The van der Waals surface area contributed by atoms with Crippen LogP contribution < -0.4 is 5.32 Å². The Balaban J connectivity index is 2.20. The first-order chi connectivity index (χ1) is 8.82. The summed E-state index contributed by atoms with van der Waals surface area (Å²) >= 11 is 0. The molecule has 1 atom stereocenters. The van der Waals surface area contributed by atoms with Gasteiger partial charge in [0, 0.05) is 0 Å². The van der Waals surface area contributed by atoms with Crippen LogP contribution in [0.3, 0.4) is 0 Å². The molecule has 1 N–H and O–H groups in total. The van der Waals surface area contributed by atoms with Crippen molar-refractivity contribution in [1.29, 1.82) is 0 Å². The topological polar surface area (TPSA) is 12.0 Å². The van der Waals surface area contributed by atoms with E-state index < -0.39 is 0 Å². The molecule has 1 aromatic carbocycles. The highest BCUT2D eigenvalue weighted by Crippen LogP contribution is 2.36. The Hall–Kier alpha value is -0.820. The van der Waals surface area contributed by atoms with Crippen molar-refractivity contribution in [2.75, 3.05) is 13.1 Å². The van der Waals surface area contributed by atoms with Crippen LogP contribution in [-0.4, -0.2) is 13.1 Å². The maximum atomic E-state index is 3.55. The van der Waals surface area contributed by atoms with Crippen molar-refractivity contribution >= 4 is 0 Å². The Morgan fingerprint density at radius 2 is 1.53 bits per heavy atom. The van der Waals surface area contributed by atoms with E-state index in [0.29, 0.717) is 0 Å². The van der Waals surface area contributed by atoms with Crippen molar-refractivity contribution in [3.05, 3.63) is 35.4 Å². The molecular weight excluding hydrogens is 230 g/mol. The normalized spacial score (nSPS) is 21.4. The number of benzene rings is 1. The van der Waals surface area contributed by atoms with Crippen LogP contribution >= 0.6 is 0 Å². The molecule has 0 aliphatic carbocycles. The second kappa shape index (κ2) is 5.28. The minimum absolute atomic E-state index is 0.245. The van der Waals surface area contributed by atoms with E-state index in [9.17, 15) is 0 Å². The molecule has 1 unspecified atom stereocenters. The predicted octanol–water partition coefficient (Wildman–Crippen LogP) is 4.26. The lowest BCUT2D eigenvalue weighted by Crippen LogP contribution is -2.40. The summed E-state index contributed by atoms with van der Waals surface area (Å²) < 4.78 is 0. The van der Waals surface area contributed by atoms with E-state index in [4.69, 9.17) is 0 Å². The van der Waals surface area contributed by atoms with E-state index in [2.05, 4.69) is 64.2 Å². The summed E-state index contributed by atoms with van der Waals surface area (Å²) in [6, 6.07) is 9.31. The minimum atomic E-state index is 0.245. The zero-order valence-electron chi connectivity index (χ0n) is 13.2. The fourth-order valence-electron chi connectivity index (χ4n) is 3.10. The lowest BCUT2D eigenvalue weighted by molar-refractivity contribution is 0.252. The first-order valence-corrected chi connectivity index (χ1v) is 7.63. The molecule has 0 aromatic heterocycles. The molecule has 1 fully saturated rings. The molecule has 1 aromatic rings. The van der Waals surface area contributed by atoms with Crippen LogP contribution in [0.4, 0.5) is 0 Å². The SMILES string of the molecule is CC(C)(C)c1ccc(C(C)(C)C2CCCNC2)cc1. The van der Waals surface area contributed by atoms with E-state index in [1.54, 1.807) is 0 Å². The summed E-state index contributed by atoms with van der Waals surface area (Å²) in [7, 11) is 0. The van der Waals surface area contributed by atoms with Crippen LogP contribution in [0, 0.1) is 5.92 Å². The number of rotatable bonds is 2. The first kappa shape index (κ1) is 14.6. The zero-order valence-corrected chi connectivity index (χ0v) is 13.2. The molecule has 1 heterocycles. The molecule has 1 aliphatic heterocycles. The van der Waals surface area contributed by atoms with Crippen molar-refractivity contribution in [3.8, 4) is 0 Å². The third-order valence-corrected chi connectivity index (χ3v) is 4.81. The minimum Gasteiger partial charge on any atom is -0.316 e. The van der Waals surface area contributed by atoms with Gasteiger partial charge in [0.15, 0.2) is 0 Å². The number of hydrogen-bond donors (Lipinski definition) is 1. The summed E-state index contributed by atoms with van der Waals surface area (Å²) in [4.78, 5) is 0. The molecule has 2 rings (SSSR count). The third kappa shape index (κ3) is 3.20. The Bertz CT molecular complexity index is 402. The second-order valence-corrected chi connectivity index (χ2v) is 7.59. The van der Waals surface area contributed by atoms with Gasteiger partial charge in [-0.15, -0.1) is 0 Å². The van der Waals surface area contributed by atoms with E-state index in [1.807, 2.05) is 0 Å². The maximum Gasteiger partial charge on any atom is -0.00122 e. The van der Waals surface area contributed by atoms with Gasteiger partial charge < -0.3 is 5.32 Å². The summed E-state index contributed by atoms with van der Waals surface area (Å²) in [6.45, 7) is 14.0. The largest absolute Gasteiger partial charge is 0.316 e. The summed E-state index contributed by atoms with van der Waals surface area (Å²) in [6.07, 6.45) is 2.66. The Labute approximate surface area is 118 Å². The highest BCUT2D eigenvalue weighted by Gasteiger charge is 2.32. The van der Waals surface area contributed by atoms with Gasteiger partial charge in [0.1, 0.15) is 0 Å². The summed E-state index contributed by atoms with van der Waals surface area (Å²) in [5.74, 6) is 0.752. The van der Waals surface area contributed by atoms with Gasteiger partial charge in [-0.3, -0.25) is 0 Å². The van der Waals surface area contributed by atoms with E-state index in [-0.39, 0.29) is 10.8 Å². The lowest BCUT2D eigenvalue weighted by Gasteiger charge is -2.38. The van der Waals surface area contributed by atoms with E-state index in [1.165, 1.54) is 30.5 Å². The highest BCUT2D eigenvalue weighted by molar-refractivity contribution is 5.32. The van der Waals surface area contributed by atoms with Crippen molar-refractivity contribution in [2.24, 2.45) is 5.92 Å². The van der Waals surface area contributed by atoms with Crippen molar-refractivity contribution in [3.63, 3.8) is 0 Å². The average molecular weight is 259 g/mol. The Morgan fingerprint density at radius 3 is 2.00 bits per heavy atom. The van der Waals surface area contributed by atoms with Gasteiger partial charge in [-0.25, -0.2) is 0 Å². The molecule has 0 saturated carbocycles. The second-order valence-electron chi connectivity index (χ2n) is 7.59. The van der Waals surface area contributed by atoms with Crippen LogP contribution in [-0.2, 0) is 10.8 Å². The quantitative estimate of drug-likeness (QED) is 0.836. The molecule has 0 bridgehead atoms. The van der Waals surface area contributed by atoms with Gasteiger partial charge in [-0.1, -0.05) is 58.9 Å². The standard InChI is InChI=1S/C18H29N/c1-17(2,3)14-8-10-15(11-9-14)18(4,5)16-7-6-12-19-13-16/h8-11,16,19H,6-7,12-13H2,1-5H3. The lowest BCUT2D eigenvalue weighted by atomic mass is 9.70. The maximum absolute atomic E-state index is 3.55. The zero-order chi connectivity index (χ0) is 14.1. The number of piperidine rings is 1. The van der Waals surface area contributed by atoms with E-state index >= 15 is 0 Å². The fraction of sp³-hybridized carbons (Fsp3) is 0.667. The van der Waals surface area contributed by atoms with Gasteiger partial charge in [0.05, 0.1) is 0 Å². The van der Waals surface area contributed by atoms with Crippen molar-refractivity contribution in [1.82, 2.24) is 5.32 Å². The fourth-order valence-corrected chi connectivity index (χ4v) is 3.10. The Morgan fingerprint density at radius 1 is 0.947 bits per heavy atom. The van der Waals surface area contributed by atoms with Gasteiger partial charge in [-0.05, 0) is 53.8 Å². The Kier molecular flexibility index (Phi) is 4.06. The van der Waals surface area contributed by atoms with Gasteiger partial charge in [-0.2, -0.15) is 0 Å². The smallest absolute Gasteiger partial charge is 0.00122 e. The molecule has 1 aliphatic rings. The van der Waals surface area contributed by atoms with Crippen LogP contribution in [0.1, 0.15) is 58.6 Å². The van der Waals surface area contributed by atoms with Crippen molar-refractivity contribution < 1.29 is 0 Å². The number of nitrogens with one attached hydrogen (secondary N) is 1. The molecule has 1 nitrogen and oxygen atoms in total. The first-order valence-electron chi connectivity index (χ1n) is 7.63. The van der Waals surface area contributed by atoms with E-state index in [0.717, 1.165) is 12.5 Å². The molecule has 0 spiro atoms. The van der Waals surface area contributed by atoms with Crippen molar-refractivity contribution in [2.45, 2.75) is 58.3 Å². The highest BCUT2D eigenvalue weighted by atomic mass is 14.9.